The lowest BCUT2D eigenvalue weighted by Gasteiger charge is -2.32. The van der Waals surface area contributed by atoms with Gasteiger partial charge in [-0.3, -0.25) is 9.69 Å². The third-order valence-corrected chi connectivity index (χ3v) is 5.60. The van der Waals surface area contributed by atoms with Crippen molar-refractivity contribution in [3.63, 3.8) is 0 Å². The minimum atomic E-state index is 0.0673. The SMILES string of the molecule is CN(C)CC(=O)N1C[C@H]2COC[C@@H]1CN(Cc1cc3c(cc1Cl)OCO3)C2. The van der Waals surface area contributed by atoms with E-state index in [0.717, 1.165) is 37.5 Å². The minimum Gasteiger partial charge on any atom is -0.454 e. The molecule has 2 saturated heterocycles. The minimum absolute atomic E-state index is 0.0673. The Morgan fingerprint density at radius 3 is 2.74 bits per heavy atom. The van der Waals surface area contributed by atoms with Gasteiger partial charge in [0.1, 0.15) is 0 Å². The summed E-state index contributed by atoms with van der Waals surface area (Å²) >= 11 is 6.47. The van der Waals surface area contributed by atoms with Crippen LogP contribution in [0.4, 0.5) is 0 Å². The molecule has 27 heavy (non-hydrogen) atoms. The van der Waals surface area contributed by atoms with Crippen molar-refractivity contribution in [2.45, 2.75) is 12.6 Å². The third kappa shape index (κ3) is 4.16. The highest BCUT2D eigenvalue weighted by atomic mass is 35.5. The summed E-state index contributed by atoms with van der Waals surface area (Å²) in [5.74, 6) is 1.92. The monoisotopic (exact) mass is 395 g/mol. The van der Waals surface area contributed by atoms with E-state index in [1.807, 2.05) is 36.0 Å². The smallest absolute Gasteiger partial charge is 0.237 e. The van der Waals surface area contributed by atoms with Crippen molar-refractivity contribution < 1.29 is 19.0 Å². The summed E-state index contributed by atoms with van der Waals surface area (Å²) < 4.78 is 16.7. The van der Waals surface area contributed by atoms with Crippen LogP contribution in [0.15, 0.2) is 12.1 Å². The standard InChI is InChI=1S/C19H26ClN3O4/c1-21(2)9-19(24)23-6-13-5-22(8-15(23)11-25-10-13)7-14-3-17-18(4-16(14)20)27-12-26-17/h3-4,13,15H,5-12H2,1-2H3/t13-,15-/m0/s1. The molecule has 0 radical (unpaired) electrons. The lowest BCUT2D eigenvalue weighted by molar-refractivity contribution is -0.134. The summed E-state index contributed by atoms with van der Waals surface area (Å²) in [6, 6.07) is 3.86. The highest BCUT2D eigenvalue weighted by molar-refractivity contribution is 6.31. The van der Waals surface area contributed by atoms with E-state index in [1.165, 1.54) is 0 Å². The van der Waals surface area contributed by atoms with Crippen LogP contribution in [0.25, 0.3) is 0 Å². The molecule has 1 aromatic rings. The van der Waals surface area contributed by atoms with Crippen LogP contribution < -0.4 is 9.47 Å². The number of benzene rings is 1. The lowest BCUT2D eigenvalue weighted by Crippen LogP contribution is -2.48. The van der Waals surface area contributed by atoms with Gasteiger partial charge in [-0.2, -0.15) is 0 Å². The van der Waals surface area contributed by atoms with Crippen LogP contribution in [0.3, 0.4) is 0 Å². The number of fused-ring (bicyclic) bond motifs is 4. The summed E-state index contributed by atoms with van der Waals surface area (Å²) in [4.78, 5) is 19.0. The van der Waals surface area contributed by atoms with Gasteiger partial charge in [-0.25, -0.2) is 0 Å². The number of amides is 1. The topological polar surface area (TPSA) is 54.5 Å². The Hall–Kier alpha value is -1.54. The van der Waals surface area contributed by atoms with Gasteiger partial charge in [-0.05, 0) is 25.7 Å². The molecule has 0 saturated carbocycles. The second kappa shape index (κ2) is 7.83. The summed E-state index contributed by atoms with van der Waals surface area (Å²) in [5.41, 5.74) is 1.02. The van der Waals surface area contributed by atoms with Gasteiger partial charge in [-0.1, -0.05) is 11.6 Å². The fraction of sp³-hybridized carbons (Fsp3) is 0.632. The molecule has 0 N–H and O–H groups in total. The van der Waals surface area contributed by atoms with Gasteiger partial charge in [0.15, 0.2) is 11.5 Å². The average Bonchev–Trinajstić information content (AvgIpc) is 2.83. The van der Waals surface area contributed by atoms with E-state index in [4.69, 9.17) is 25.8 Å². The van der Waals surface area contributed by atoms with Crippen molar-refractivity contribution in [3.05, 3.63) is 22.7 Å². The van der Waals surface area contributed by atoms with Gasteiger partial charge in [0.05, 0.1) is 25.8 Å². The fourth-order valence-corrected chi connectivity index (χ4v) is 4.27. The van der Waals surface area contributed by atoms with Crippen molar-refractivity contribution in [3.8, 4) is 11.5 Å². The number of carbonyl (C=O) groups excluding carboxylic acids is 1. The highest BCUT2D eigenvalue weighted by Gasteiger charge is 2.36. The second-order valence-corrected chi connectivity index (χ2v) is 8.24. The van der Waals surface area contributed by atoms with Crippen molar-refractivity contribution in [2.75, 3.05) is 60.3 Å². The Morgan fingerprint density at radius 1 is 1.19 bits per heavy atom. The normalized spacial score (nSPS) is 25.0. The molecular formula is C19H26ClN3O4. The van der Waals surface area contributed by atoms with Gasteiger partial charge in [0.2, 0.25) is 12.7 Å². The van der Waals surface area contributed by atoms with E-state index in [9.17, 15) is 4.79 Å². The number of halogens is 1. The predicted molar refractivity (Wildman–Crippen MR) is 101 cm³/mol. The van der Waals surface area contributed by atoms with Crippen molar-refractivity contribution in [2.24, 2.45) is 5.92 Å². The molecule has 3 aliphatic rings. The molecule has 2 bridgehead atoms. The molecule has 3 aliphatic heterocycles. The quantitative estimate of drug-likeness (QED) is 0.765. The third-order valence-electron chi connectivity index (χ3n) is 5.25. The number of ether oxygens (including phenoxy) is 3. The Morgan fingerprint density at radius 2 is 1.96 bits per heavy atom. The molecule has 1 aromatic carbocycles. The number of likely N-dealkylation sites (N-methyl/N-ethyl adjacent to an activating group) is 1. The zero-order valence-corrected chi connectivity index (χ0v) is 16.6. The van der Waals surface area contributed by atoms with Crippen molar-refractivity contribution >= 4 is 17.5 Å². The van der Waals surface area contributed by atoms with Gasteiger partial charge in [0, 0.05) is 43.2 Å². The van der Waals surface area contributed by atoms with Crippen LogP contribution in [0, 0.1) is 5.92 Å². The molecule has 8 heteroatoms. The first-order valence-corrected chi connectivity index (χ1v) is 9.69. The van der Waals surface area contributed by atoms with E-state index in [0.29, 0.717) is 36.4 Å². The molecule has 148 valence electrons. The highest BCUT2D eigenvalue weighted by Crippen LogP contribution is 2.37. The maximum atomic E-state index is 12.7. The van der Waals surface area contributed by atoms with E-state index in [-0.39, 0.29) is 18.7 Å². The molecule has 0 aromatic heterocycles. The van der Waals surface area contributed by atoms with Crippen LogP contribution in [0.2, 0.25) is 5.02 Å². The number of nitrogens with zero attached hydrogens (tertiary/aromatic N) is 3. The van der Waals surface area contributed by atoms with Crippen LogP contribution >= 0.6 is 11.6 Å². The van der Waals surface area contributed by atoms with Gasteiger partial charge >= 0.3 is 0 Å². The maximum Gasteiger partial charge on any atom is 0.237 e. The summed E-state index contributed by atoms with van der Waals surface area (Å²) in [7, 11) is 3.85. The fourth-order valence-electron chi connectivity index (χ4n) is 4.06. The second-order valence-electron chi connectivity index (χ2n) is 7.83. The van der Waals surface area contributed by atoms with E-state index in [1.54, 1.807) is 0 Å². The van der Waals surface area contributed by atoms with Crippen LogP contribution in [0.5, 0.6) is 11.5 Å². The summed E-state index contributed by atoms with van der Waals surface area (Å²) in [6.07, 6.45) is 0. The molecular weight excluding hydrogens is 370 g/mol. The summed E-state index contributed by atoms with van der Waals surface area (Å²) in [6.45, 7) is 5.07. The molecule has 3 heterocycles. The number of rotatable bonds is 4. The van der Waals surface area contributed by atoms with Gasteiger partial charge < -0.3 is 24.0 Å². The number of hydrogen-bond donors (Lipinski definition) is 0. The molecule has 4 rings (SSSR count). The van der Waals surface area contributed by atoms with E-state index >= 15 is 0 Å². The van der Waals surface area contributed by atoms with Crippen LogP contribution in [-0.2, 0) is 16.1 Å². The molecule has 7 nitrogen and oxygen atoms in total. The molecule has 0 aliphatic carbocycles. The molecule has 1 amide bonds. The molecule has 2 fully saturated rings. The first-order chi connectivity index (χ1) is 13.0. The van der Waals surface area contributed by atoms with E-state index in [2.05, 4.69) is 4.90 Å². The first kappa shape index (κ1) is 18.8. The Kier molecular flexibility index (Phi) is 5.45. The largest absolute Gasteiger partial charge is 0.454 e. The van der Waals surface area contributed by atoms with Crippen LogP contribution in [-0.4, -0.2) is 86.9 Å². The average molecular weight is 396 g/mol. The molecule has 0 unspecified atom stereocenters. The first-order valence-electron chi connectivity index (χ1n) is 9.32. The van der Waals surface area contributed by atoms with Crippen LogP contribution in [0.1, 0.15) is 5.56 Å². The maximum absolute atomic E-state index is 12.7. The zero-order valence-electron chi connectivity index (χ0n) is 15.8. The lowest BCUT2D eigenvalue weighted by atomic mass is 10.1. The molecule has 2 atom stereocenters. The summed E-state index contributed by atoms with van der Waals surface area (Å²) in [5, 5.41) is 0.686. The van der Waals surface area contributed by atoms with E-state index < -0.39 is 0 Å². The Bertz CT molecular complexity index is 714. The number of carbonyl (C=O) groups is 1. The van der Waals surface area contributed by atoms with Gasteiger partial charge in [0.25, 0.3) is 0 Å². The zero-order chi connectivity index (χ0) is 19.0. The van der Waals surface area contributed by atoms with Gasteiger partial charge in [-0.15, -0.1) is 0 Å². The van der Waals surface area contributed by atoms with Crippen molar-refractivity contribution in [1.82, 2.24) is 14.7 Å². The Balaban J connectivity index is 1.50. The Labute approximate surface area is 164 Å². The number of hydrogen-bond acceptors (Lipinski definition) is 6. The molecule has 0 spiro atoms. The predicted octanol–water partition coefficient (Wildman–Crippen LogP) is 1.29. The van der Waals surface area contributed by atoms with Crippen molar-refractivity contribution in [1.29, 1.82) is 0 Å².